The van der Waals surface area contributed by atoms with E-state index in [1.807, 2.05) is 20.8 Å². The van der Waals surface area contributed by atoms with Crippen molar-refractivity contribution in [3.8, 4) is 0 Å². The molecule has 0 spiro atoms. The Hall–Kier alpha value is -2.22. The highest BCUT2D eigenvalue weighted by Gasteiger charge is 2.19. The average molecular weight is 320 g/mol. The van der Waals surface area contributed by atoms with Crippen LogP contribution in [0.3, 0.4) is 0 Å². The molecule has 0 atom stereocenters. The Morgan fingerprint density at radius 3 is 2.45 bits per heavy atom. The molecule has 0 radical (unpaired) electrons. The van der Waals surface area contributed by atoms with E-state index >= 15 is 0 Å². The molecule has 0 aliphatic carbocycles. The van der Waals surface area contributed by atoms with Gasteiger partial charge in [-0.3, -0.25) is 20.0 Å². The molecule has 8 heteroatoms. The number of benzene rings is 1. The molecule has 0 saturated carbocycles. The van der Waals surface area contributed by atoms with Gasteiger partial charge in [-0.2, -0.15) is 0 Å². The fourth-order valence-electron chi connectivity index (χ4n) is 1.63. The molecular weight excluding hydrogens is 304 g/mol. The number of Topliss-reactive ketones (excluding diaryl/α,β-unsaturated/α-hetero) is 1. The summed E-state index contributed by atoms with van der Waals surface area (Å²) < 4.78 is 0. The number of non-ortho nitro benzene ring substituents is 1. The molecule has 2 aromatic rings. The number of aromatic nitrogens is 3. The van der Waals surface area contributed by atoms with E-state index in [1.165, 1.54) is 36.0 Å². The number of nitrogens with one attached hydrogen (secondary N) is 1. The molecule has 2 rings (SSSR count). The first kappa shape index (κ1) is 16.2. The van der Waals surface area contributed by atoms with Gasteiger partial charge in [-0.15, -0.1) is 5.10 Å². The van der Waals surface area contributed by atoms with Gasteiger partial charge in [0.25, 0.3) is 5.69 Å². The lowest BCUT2D eigenvalue weighted by atomic mass is 9.96. The Bertz CT molecular complexity index is 689. The Balaban J connectivity index is 1.98. The maximum absolute atomic E-state index is 12.0. The van der Waals surface area contributed by atoms with Crippen molar-refractivity contribution >= 4 is 23.2 Å². The lowest BCUT2D eigenvalue weighted by Crippen LogP contribution is -2.13. The summed E-state index contributed by atoms with van der Waals surface area (Å²) in [5.74, 6) is 0.819. The fourth-order valence-corrected chi connectivity index (χ4v) is 2.32. The average Bonchev–Trinajstić information content (AvgIpc) is 2.94. The Morgan fingerprint density at radius 1 is 1.32 bits per heavy atom. The maximum Gasteiger partial charge on any atom is 0.269 e. The zero-order valence-corrected chi connectivity index (χ0v) is 13.3. The van der Waals surface area contributed by atoms with Gasteiger partial charge < -0.3 is 0 Å². The van der Waals surface area contributed by atoms with Crippen LogP contribution < -0.4 is 0 Å². The number of nitro groups is 1. The van der Waals surface area contributed by atoms with Gasteiger partial charge in [0.1, 0.15) is 5.82 Å². The van der Waals surface area contributed by atoms with Gasteiger partial charge in [0.05, 0.1) is 10.7 Å². The van der Waals surface area contributed by atoms with Crippen molar-refractivity contribution in [3.63, 3.8) is 0 Å². The van der Waals surface area contributed by atoms with Crippen molar-refractivity contribution in [2.75, 3.05) is 5.75 Å². The third-order valence-corrected chi connectivity index (χ3v) is 3.76. The molecule has 0 unspecified atom stereocenters. The fraction of sp³-hybridized carbons (Fsp3) is 0.357. The summed E-state index contributed by atoms with van der Waals surface area (Å²) in [6.45, 7) is 6.05. The third kappa shape index (κ3) is 3.91. The number of ketones is 1. The molecule has 0 saturated heterocycles. The van der Waals surface area contributed by atoms with E-state index in [0.29, 0.717) is 10.7 Å². The molecule has 1 aromatic heterocycles. The second-order valence-corrected chi connectivity index (χ2v) is 6.67. The van der Waals surface area contributed by atoms with Crippen molar-refractivity contribution in [2.24, 2.45) is 0 Å². The summed E-state index contributed by atoms with van der Waals surface area (Å²) in [7, 11) is 0. The van der Waals surface area contributed by atoms with Crippen LogP contribution in [0.4, 0.5) is 5.69 Å². The van der Waals surface area contributed by atoms with Crippen LogP contribution >= 0.6 is 11.8 Å². The Labute approximate surface area is 131 Å². The van der Waals surface area contributed by atoms with Crippen LogP contribution in [0.25, 0.3) is 0 Å². The second kappa shape index (κ2) is 6.27. The highest BCUT2D eigenvalue weighted by atomic mass is 32.2. The minimum absolute atomic E-state index is 0.0343. The molecule has 1 aromatic carbocycles. The van der Waals surface area contributed by atoms with E-state index in [-0.39, 0.29) is 22.6 Å². The molecule has 0 aliphatic rings. The minimum Gasteiger partial charge on any atom is -0.293 e. The number of hydrogen-bond acceptors (Lipinski definition) is 6. The number of carbonyl (C=O) groups excluding carboxylic acids is 1. The van der Waals surface area contributed by atoms with Crippen LogP contribution in [0.1, 0.15) is 37.0 Å². The first-order chi connectivity index (χ1) is 10.3. The molecule has 0 aliphatic heterocycles. The van der Waals surface area contributed by atoms with Gasteiger partial charge in [-0.25, -0.2) is 4.98 Å². The van der Waals surface area contributed by atoms with Crippen molar-refractivity contribution in [3.05, 3.63) is 45.8 Å². The Kier molecular flexibility index (Phi) is 4.60. The number of rotatable bonds is 5. The zero-order chi connectivity index (χ0) is 16.3. The first-order valence-electron chi connectivity index (χ1n) is 6.61. The van der Waals surface area contributed by atoms with Crippen LogP contribution in [-0.2, 0) is 5.41 Å². The molecule has 22 heavy (non-hydrogen) atoms. The highest BCUT2D eigenvalue weighted by Crippen LogP contribution is 2.22. The van der Waals surface area contributed by atoms with Gasteiger partial charge >= 0.3 is 0 Å². The molecule has 1 heterocycles. The van der Waals surface area contributed by atoms with Gasteiger partial charge in [0.2, 0.25) is 5.16 Å². The molecule has 0 fully saturated rings. The number of H-pyrrole nitrogens is 1. The summed E-state index contributed by atoms with van der Waals surface area (Å²) in [6.07, 6.45) is 0. The first-order valence-corrected chi connectivity index (χ1v) is 7.59. The van der Waals surface area contributed by atoms with Crippen molar-refractivity contribution < 1.29 is 9.72 Å². The summed E-state index contributed by atoms with van der Waals surface area (Å²) in [4.78, 5) is 26.5. The van der Waals surface area contributed by atoms with Crippen LogP contribution in [0.15, 0.2) is 29.4 Å². The topological polar surface area (TPSA) is 102 Å². The maximum atomic E-state index is 12.0. The third-order valence-electron chi connectivity index (χ3n) is 2.91. The van der Waals surface area contributed by atoms with E-state index in [0.717, 1.165) is 5.82 Å². The number of thioether (sulfide) groups is 1. The van der Waals surface area contributed by atoms with E-state index in [4.69, 9.17) is 0 Å². The molecule has 116 valence electrons. The van der Waals surface area contributed by atoms with Gasteiger partial charge in [-0.05, 0) is 12.1 Å². The normalized spacial score (nSPS) is 11.4. The van der Waals surface area contributed by atoms with Crippen molar-refractivity contribution in [1.82, 2.24) is 15.2 Å². The molecular formula is C14H16N4O3S. The second-order valence-electron chi connectivity index (χ2n) is 5.73. The van der Waals surface area contributed by atoms with E-state index in [9.17, 15) is 14.9 Å². The van der Waals surface area contributed by atoms with Crippen LogP contribution in [0, 0.1) is 10.1 Å². The van der Waals surface area contributed by atoms with Crippen molar-refractivity contribution in [2.45, 2.75) is 31.3 Å². The predicted molar refractivity (Wildman–Crippen MR) is 83.2 cm³/mol. The lowest BCUT2D eigenvalue weighted by molar-refractivity contribution is -0.384. The quantitative estimate of drug-likeness (QED) is 0.393. The molecule has 1 N–H and O–H groups in total. The van der Waals surface area contributed by atoms with Gasteiger partial charge in [0.15, 0.2) is 5.78 Å². The zero-order valence-electron chi connectivity index (χ0n) is 12.5. The molecule has 0 amide bonds. The van der Waals surface area contributed by atoms with Crippen LogP contribution in [0.2, 0.25) is 0 Å². The standard InChI is InChI=1S/C14H16N4O3S/c1-14(2,3)12-15-13(17-16-12)22-8-11(19)9-4-6-10(7-5-9)18(20)21/h4-7H,8H2,1-3H3,(H,15,16,17). The van der Waals surface area contributed by atoms with Gasteiger partial charge in [-0.1, -0.05) is 32.5 Å². The summed E-state index contributed by atoms with van der Waals surface area (Å²) in [6, 6.07) is 5.56. The smallest absolute Gasteiger partial charge is 0.269 e. The number of aromatic amines is 1. The van der Waals surface area contributed by atoms with E-state index in [2.05, 4.69) is 15.2 Å². The van der Waals surface area contributed by atoms with E-state index < -0.39 is 4.92 Å². The molecule has 7 nitrogen and oxygen atoms in total. The number of nitrogens with zero attached hydrogens (tertiary/aromatic N) is 3. The van der Waals surface area contributed by atoms with Crippen LogP contribution in [0.5, 0.6) is 0 Å². The summed E-state index contributed by atoms with van der Waals surface area (Å²) in [5.41, 5.74) is 0.270. The number of carbonyl (C=O) groups is 1. The lowest BCUT2D eigenvalue weighted by Gasteiger charge is -2.12. The summed E-state index contributed by atoms with van der Waals surface area (Å²) >= 11 is 1.23. The predicted octanol–water partition coefficient (Wildman–Crippen LogP) is 2.99. The van der Waals surface area contributed by atoms with Gasteiger partial charge in [0, 0.05) is 23.1 Å². The largest absolute Gasteiger partial charge is 0.293 e. The monoisotopic (exact) mass is 320 g/mol. The van der Waals surface area contributed by atoms with Crippen LogP contribution in [-0.4, -0.2) is 31.6 Å². The minimum atomic E-state index is -0.495. The van der Waals surface area contributed by atoms with Crippen molar-refractivity contribution in [1.29, 1.82) is 0 Å². The SMILES string of the molecule is CC(C)(C)c1nc(SCC(=O)c2ccc([N+](=O)[O-])cc2)n[nH]1. The highest BCUT2D eigenvalue weighted by molar-refractivity contribution is 7.99. The van der Waals surface area contributed by atoms with E-state index in [1.54, 1.807) is 0 Å². The summed E-state index contributed by atoms with van der Waals surface area (Å²) in [5, 5.41) is 18.0. The Morgan fingerprint density at radius 2 is 1.95 bits per heavy atom. The number of hydrogen-bond donors (Lipinski definition) is 1. The molecule has 0 bridgehead atoms. The number of nitro benzene ring substituents is 1.